The summed E-state index contributed by atoms with van der Waals surface area (Å²) in [6, 6.07) is 17.4. The van der Waals surface area contributed by atoms with Gasteiger partial charge in [0.05, 0.1) is 21.8 Å². The van der Waals surface area contributed by atoms with Gasteiger partial charge in [0.1, 0.15) is 11.7 Å². The van der Waals surface area contributed by atoms with Crippen molar-refractivity contribution in [3.63, 3.8) is 0 Å². The van der Waals surface area contributed by atoms with Crippen molar-refractivity contribution in [1.82, 2.24) is 15.6 Å². The summed E-state index contributed by atoms with van der Waals surface area (Å²) in [6.07, 6.45) is 3.01. The lowest BCUT2D eigenvalue weighted by atomic mass is 9.86. The first-order valence-corrected chi connectivity index (χ1v) is 11.2. The summed E-state index contributed by atoms with van der Waals surface area (Å²) in [5, 5.41) is 18.8. The van der Waals surface area contributed by atoms with Crippen LogP contribution in [0.5, 0.6) is 0 Å². The molecule has 2 N–H and O–H groups in total. The number of carbonyl (C=O) groups excluding carboxylic acids is 1. The van der Waals surface area contributed by atoms with Gasteiger partial charge in [0, 0.05) is 23.2 Å². The molecule has 0 saturated heterocycles. The van der Waals surface area contributed by atoms with Gasteiger partial charge in [-0.25, -0.2) is 4.79 Å². The molecule has 0 spiro atoms. The van der Waals surface area contributed by atoms with Gasteiger partial charge in [-0.1, -0.05) is 42.5 Å². The summed E-state index contributed by atoms with van der Waals surface area (Å²) in [7, 11) is 0. The van der Waals surface area contributed by atoms with Crippen LogP contribution in [0, 0.1) is 10.1 Å². The van der Waals surface area contributed by atoms with Crippen LogP contribution >= 0.6 is 0 Å². The Bertz CT molecular complexity index is 1360. The van der Waals surface area contributed by atoms with E-state index in [1.54, 1.807) is 20.0 Å². The number of pyridine rings is 1. The van der Waals surface area contributed by atoms with E-state index in [9.17, 15) is 14.9 Å². The van der Waals surface area contributed by atoms with E-state index in [2.05, 4.69) is 15.6 Å². The summed E-state index contributed by atoms with van der Waals surface area (Å²) >= 11 is 0. The van der Waals surface area contributed by atoms with Crippen LogP contribution in [-0.2, 0) is 4.74 Å². The molecule has 8 heteroatoms. The molecule has 2 aromatic carbocycles. The fraction of sp³-hybridized carbons (Fsp3) is 0.231. The number of fused-ring (bicyclic) bond motifs is 1. The molecular formula is C26H24N4O4. The second-order valence-electron chi connectivity index (χ2n) is 8.63. The van der Waals surface area contributed by atoms with Crippen LogP contribution in [0.15, 0.2) is 83.6 Å². The Morgan fingerprint density at radius 3 is 2.56 bits per heavy atom. The molecule has 1 aliphatic heterocycles. The third-order valence-electron chi connectivity index (χ3n) is 6.14. The third kappa shape index (κ3) is 4.10. The van der Waals surface area contributed by atoms with Crippen molar-refractivity contribution in [3.8, 4) is 11.1 Å². The number of rotatable bonds is 5. The molecule has 1 aliphatic carbocycles. The molecule has 1 fully saturated rings. The number of ether oxygens (including phenoxy) is 1. The number of nitrogens with one attached hydrogen (secondary N) is 2. The Hall–Kier alpha value is -4.20. The first kappa shape index (κ1) is 21.6. The zero-order valence-corrected chi connectivity index (χ0v) is 18.9. The van der Waals surface area contributed by atoms with Crippen molar-refractivity contribution in [1.29, 1.82) is 0 Å². The Balaban J connectivity index is 1.66. The number of benzene rings is 2. The monoisotopic (exact) mass is 456 g/mol. The fourth-order valence-corrected chi connectivity index (χ4v) is 4.37. The van der Waals surface area contributed by atoms with E-state index < -0.39 is 16.9 Å². The molecule has 0 bridgehead atoms. The predicted octanol–water partition coefficient (Wildman–Crippen LogP) is 5.22. The van der Waals surface area contributed by atoms with E-state index in [-0.39, 0.29) is 17.5 Å². The number of nitro groups is 1. The number of hydrogen-bond donors (Lipinski definition) is 2. The van der Waals surface area contributed by atoms with E-state index in [4.69, 9.17) is 4.74 Å². The highest BCUT2D eigenvalue weighted by Crippen LogP contribution is 2.42. The number of amides is 1. The van der Waals surface area contributed by atoms with Crippen LogP contribution < -0.4 is 10.6 Å². The van der Waals surface area contributed by atoms with Gasteiger partial charge in [0.25, 0.3) is 5.70 Å². The summed E-state index contributed by atoms with van der Waals surface area (Å²) in [4.78, 5) is 29.0. The van der Waals surface area contributed by atoms with Crippen molar-refractivity contribution >= 4 is 17.0 Å². The number of carbonyl (C=O) groups is 1. The molecule has 34 heavy (non-hydrogen) atoms. The summed E-state index contributed by atoms with van der Waals surface area (Å²) < 4.78 is 5.72. The van der Waals surface area contributed by atoms with Crippen molar-refractivity contribution < 1.29 is 14.5 Å². The van der Waals surface area contributed by atoms with Crippen LogP contribution in [0.25, 0.3) is 22.0 Å². The van der Waals surface area contributed by atoms with Crippen LogP contribution in [0.3, 0.4) is 0 Å². The van der Waals surface area contributed by atoms with E-state index in [1.165, 1.54) is 0 Å². The molecule has 5 rings (SSSR count). The molecule has 2 aliphatic rings. The molecule has 8 nitrogen and oxygen atoms in total. The lowest BCUT2D eigenvalue weighted by Gasteiger charge is -2.27. The molecular weight excluding hydrogens is 432 g/mol. The second kappa shape index (κ2) is 8.62. The first-order chi connectivity index (χ1) is 16.4. The van der Waals surface area contributed by atoms with Crippen LogP contribution in [0.2, 0.25) is 0 Å². The average molecular weight is 457 g/mol. The number of hydrogen-bond acceptors (Lipinski definition) is 6. The van der Waals surface area contributed by atoms with Crippen molar-refractivity contribution in [2.75, 3.05) is 0 Å². The molecule has 1 saturated carbocycles. The minimum absolute atomic E-state index is 0.0579. The number of aromatic nitrogens is 1. The first-order valence-electron chi connectivity index (χ1n) is 11.2. The topological polar surface area (TPSA) is 106 Å². The molecule has 2 heterocycles. The Labute approximate surface area is 196 Å². The zero-order chi connectivity index (χ0) is 23.8. The highest BCUT2D eigenvalue weighted by Gasteiger charge is 2.41. The normalized spacial score (nSPS) is 18.0. The third-order valence-corrected chi connectivity index (χ3v) is 6.14. The number of dihydropyridines is 1. The van der Waals surface area contributed by atoms with Crippen molar-refractivity contribution in [2.24, 2.45) is 0 Å². The van der Waals surface area contributed by atoms with Crippen LogP contribution in [0.4, 0.5) is 4.79 Å². The maximum absolute atomic E-state index is 12.6. The molecule has 0 radical (unpaired) electrons. The number of alkyl carbamates (subject to hydrolysis) is 1. The quantitative estimate of drug-likeness (QED) is 0.403. The van der Waals surface area contributed by atoms with Crippen molar-refractivity contribution in [2.45, 2.75) is 38.6 Å². The van der Waals surface area contributed by atoms with Crippen molar-refractivity contribution in [3.05, 3.63) is 99.3 Å². The Morgan fingerprint density at radius 1 is 1.09 bits per heavy atom. The van der Waals surface area contributed by atoms with E-state index >= 15 is 0 Å². The van der Waals surface area contributed by atoms with Gasteiger partial charge in [-0.05, 0) is 49.9 Å². The van der Waals surface area contributed by atoms with Gasteiger partial charge in [0.15, 0.2) is 0 Å². The van der Waals surface area contributed by atoms with Gasteiger partial charge in [-0.15, -0.1) is 0 Å². The minimum Gasteiger partial charge on any atom is -0.412 e. The van der Waals surface area contributed by atoms with E-state index in [0.717, 1.165) is 29.4 Å². The maximum atomic E-state index is 12.6. The predicted molar refractivity (Wildman–Crippen MR) is 128 cm³/mol. The highest BCUT2D eigenvalue weighted by atomic mass is 16.6. The molecule has 1 atom stereocenters. The van der Waals surface area contributed by atoms with E-state index in [1.807, 2.05) is 54.6 Å². The molecule has 3 aromatic rings. The van der Waals surface area contributed by atoms with E-state index in [0.29, 0.717) is 22.5 Å². The van der Waals surface area contributed by atoms with Crippen LogP contribution in [-0.4, -0.2) is 22.0 Å². The second-order valence-corrected chi connectivity index (χ2v) is 8.63. The van der Waals surface area contributed by atoms with Gasteiger partial charge in [-0.3, -0.25) is 15.1 Å². The number of allylic oxidation sites excluding steroid dienone is 2. The standard InChI is InChI=1S/C26H24N4O4/c1-15-24(30(32)33)23(25(16(2)28-15)34-26(31)29-19-11-12-19)20-9-6-10-22-21(20)13-18(14-27-22)17-7-4-3-5-8-17/h3-10,13-14,19,23,28H,11-12H2,1-2H3,(H,29,31). The van der Waals surface area contributed by atoms with Gasteiger partial charge < -0.3 is 15.4 Å². The Morgan fingerprint density at radius 2 is 1.85 bits per heavy atom. The molecule has 172 valence electrons. The van der Waals surface area contributed by atoms with Gasteiger partial charge in [-0.2, -0.15) is 0 Å². The van der Waals surface area contributed by atoms with Gasteiger partial charge in [0.2, 0.25) is 0 Å². The van der Waals surface area contributed by atoms with Gasteiger partial charge >= 0.3 is 6.09 Å². The SMILES string of the molecule is CC1=C(OC(=O)NC2CC2)C(c2cccc3ncc(-c4ccccc4)cc23)C([N+](=O)[O-])=C(C)N1. The minimum atomic E-state index is -0.877. The fourth-order valence-electron chi connectivity index (χ4n) is 4.37. The summed E-state index contributed by atoms with van der Waals surface area (Å²) in [5.74, 6) is -0.661. The maximum Gasteiger partial charge on any atom is 0.412 e. The average Bonchev–Trinajstić information content (AvgIpc) is 3.64. The molecule has 1 amide bonds. The Kier molecular flexibility index (Phi) is 5.49. The smallest absolute Gasteiger partial charge is 0.412 e. The highest BCUT2D eigenvalue weighted by molar-refractivity contribution is 5.88. The van der Waals surface area contributed by atoms with Crippen LogP contribution in [0.1, 0.15) is 38.2 Å². The molecule has 1 unspecified atom stereocenters. The lowest BCUT2D eigenvalue weighted by molar-refractivity contribution is -0.431. The lowest BCUT2D eigenvalue weighted by Crippen LogP contribution is -2.33. The summed E-state index contributed by atoms with van der Waals surface area (Å²) in [6.45, 7) is 3.42. The zero-order valence-electron chi connectivity index (χ0n) is 18.9. The largest absolute Gasteiger partial charge is 0.412 e. The number of nitrogens with zero attached hydrogens (tertiary/aromatic N) is 2. The summed E-state index contributed by atoms with van der Waals surface area (Å²) in [5.41, 5.74) is 4.16. The molecule has 1 aromatic heterocycles.